The van der Waals surface area contributed by atoms with E-state index in [0.29, 0.717) is 6.42 Å². The summed E-state index contributed by atoms with van der Waals surface area (Å²) < 4.78 is 5.10. The van der Waals surface area contributed by atoms with Crippen LogP contribution in [-0.2, 0) is 11.2 Å². The molecule has 1 aromatic carbocycles. The van der Waals surface area contributed by atoms with Crippen LogP contribution in [0, 0.1) is 0 Å². The molecule has 15 heavy (non-hydrogen) atoms. The molecule has 0 atom stereocenters. The van der Waals surface area contributed by atoms with Crippen LogP contribution in [0.4, 0.5) is 0 Å². The van der Waals surface area contributed by atoms with Gasteiger partial charge in [-0.15, -0.1) is 0 Å². The van der Waals surface area contributed by atoms with E-state index in [2.05, 4.69) is 5.32 Å². The molecule has 0 spiro atoms. The van der Waals surface area contributed by atoms with Crippen LogP contribution in [0.1, 0.15) is 11.1 Å². The highest BCUT2D eigenvalue weighted by atomic mass is 16.5. The van der Waals surface area contributed by atoms with Gasteiger partial charge in [-0.25, -0.2) is 0 Å². The van der Waals surface area contributed by atoms with Crippen molar-refractivity contribution in [1.29, 1.82) is 0 Å². The predicted molar refractivity (Wildman–Crippen MR) is 60.9 cm³/mol. The Labute approximate surface area is 89.8 Å². The maximum Gasteiger partial charge on any atom is 0.124 e. The second kappa shape index (κ2) is 5.86. The van der Waals surface area contributed by atoms with Crippen molar-refractivity contribution in [2.45, 2.75) is 6.42 Å². The lowest BCUT2D eigenvalue weighted by Crippen LogP contribution is -1.95. The highest BCUT2D eigenvalue weighted by Crippen LogP contribution is 2.18. The van der Waals surface area contributed by atoms with E-state index in [-0.39, 0.29) is 0 Å². The third-order valence-electron chi connectivity index (χ3n) is 2.08. The maximum atomic E-state index is 10.5. The van der Waals surface area contributed by atoms with E-state index in [1.54, 1.807) is 7.11 Å². The maximum absolute atomic E-state index is 10.5. The van der Waals surface area contributed by atoms with E-state index in [1.807, 2.05) is 37.5 Å². The monoisotopic (exact) mass is 205 g/mol. The molecule has 80 valence electrons. The van der Waals surface area contributed by atoms with Gasteiger partial charge < -0.3 is 14.8 Å². The fourth-order valence-electron chi connectivity index (χ4n) is 1.31. The van der Waals surface area contributed by atoms with Gasteiger partial charge in [-0.3, -0.25) is 0 Å². The Morgan fingerprint density at radius 3 is 2.87 bits per heavy atom. The summed E-state index contributed by atoms with van der Waals surface area (Å²) in [6.45, 7) is 0. The third-order valence-corrected chi connectivity index (χ3v) is 2.08. The summed E-state index contributed by atoms with van der Waals surface area (Å²) in [6.07, 6.45) is 5.06. The van der Waals surface area contributed by atoms with Gasteiger partial charge in [0.15, 0.2) is 0 Å². The molecule has 0 aliphatic rings. The number of benzene rings is 1. The van der Waals surface area contributed by atoms with Crippen molar-refractivity contribution in [3.8, 4) is 5.75 Å². The summed E-state index contributed by atoms with van der Waals surface area (Å²) in [4.78, 5) is 10.5. The molecule has 3 heteroatoms. The van der Waals surface area contributed by atoms with Crippen LogP contribution in [0.15, 0.2) is 24.4 Å². The lowest BCUT2D eigenvalue weighted by Gasteiger charge is -2.06. The molecule has 1 aromatic rings. The van der Waals surface area contributed by atoms with Crippen LogP contribution in [0.5, 0.6) is 5.75 Å². The summed E-state index contributed by atoms with van der Waals surface area (Å²) in [5.74, 6) is 0.772. The molecule has 0 bridgehead atoms. The van der Waals surface area contributed by atoms with Gasteiger partial charge in [0.1, 0.15) is 12.0 Å². The Hall–Kier alpha value is -1.77. The number of hydrogen-bond donors (Lipinski definition) is 1. The van der Waals surface area contributed by atoms with Crippen molar-refractivity contribution < 1.29 is 9.53 Å². The largest absolute Gasteiger partial charge is 0.497 e. The Kier molecular flexibility index (Phi) is 4.41. The molecule has 0 unspecified atom stereocenters. The van der Waals surface area contributed by atoms with Crippen LogP contribution < -0.4 is 10.1 Å². The molecule has 1 rings (SSSR count). The van der Waals surface area contributed by atoms with Crippen molar-refractivity contribution in [3.05, 3.63) is 35.5 Å². The van der Waals surface area contributed by atoms with Crippen LogP contribution in [0.25, 0.3) is 6.08 Å². The van der Waals surface area contributed by atoms with E-state index in [1.165, 1.54) is 0 Å². The van der Waals surface area contributed by atoms with E-state index in [4.69, 9.17) is 4.74 Å². The van der Waals surface area contributed by atoms with Gasteiger partial charge in [0.2, 0.25) is 0 Å². The van der Waals surface area contributed by atoms with Crippen molar-refractivity contribution in [3.63, 3.8) is 0 Å². The standard InChI is InChI=1S/C12H15NO2/c1-13-7-5-10-3-4-12(15-2)9-11(10)6-8-14/h3-5,7-9,13H,6H2,1-2H3/b7-5-. The fourth-order valence-corrected chi connectivity index (χ4v) is 1.31. The number of hydrogen-bond acceptors (Lipinski definition) is 3. The van der Waals surface area contributed by atoms with Crippen LogP contribution in [0.2, 0.25) is 0 Å². The normalized spacial score (nSPS) is 10.3. The fraction of sp³-hybridized carbons (Fsp3) is 0.250. The van der Waals surface area contributed by atoms with E-state index in [0.717, 1.165) is 23.2 Å². The van der Waals surface area contributed by atoms with E-state index < -0.39 is 0 Å². The zero-order valence-electron chi connectivity index (χ0n) is 8.99. The molecule has 0 saturated heterocycles. The second-order valence-electron chi connectivity index (χ2n) is 3.06. The van der Waals surface area contributed by atoms with Gasteiger partial charge in [0.05, 0.1) is 7.11 Å². The molecule has 0 amide bonds. The number of ether oxygens (including phenoxy) is 1. The Bertz CT molecular complexity index is 359. The highest BCUT2D eigenvalue weighted by molar-refractivity contribution is 5.63. The van der Waals surface area contributed by atoms with Gasteiger partial charge in [0, 0.05) is 13.5 Å². The smallest absolute Gasteiger partial charge is 0.124 e. The number of carbonyl (C=O) groups is 1. The molecule has 0 fully saturated rings. The van der Waals surface area contributed by atoms with Gasteiger partial charge in [-0.1, -0.05) is 6.07 Å². The molecule has 0 aromatic heterocycles. The number of methoxy groups -OCH3 is 1. The zero-order valence-corrected chi connectivity index (χ0v) is 8.99. The molecule has 0 saturated carbocycles. The first-order valence-corrected chi connectivity index (χ1v) is 4.76. The number of nitrogens with one attached hydrogen (secondary N) is 1. The Balaban J connectivity index is 3.02. The van der Waals surface area contributed by atoms with Crippen molar-refractivity contribution in [1.82, 2.24) is 5.32 Å². The average Bonchev–Trinajstić information content (AvgIpc) is 2.27. The SMILES string of the molecule is CN/C=C\c1ccc(OC)cc1CC=O. The molecule has 0 aliphatic carbocycles. The second-order valence-corrected chi connectivity index (χ2v) is 3.06. The van der Waals surface area contributed by atoms with Crippen molar-refractivity contribution in [2.24, 2.45) is 0 Å². The van der Waals surface area contributed by atoms with Gasteiger partial charge in [-0.2, -0.15) is 0 Å². The summed E-state index contributed by atoms with van der Waals surface area (Å²) >= 11 is 0. The molecule has 1 N–H and O–H groups in total. The van der Waals surface area contributed by atoms with Crippen molar-refractivity contribution in [2.75, 3.05) is 14.2 Å². The Morgan fingerprint density at radius 1 is 1.47 bits per heavy atom. The summed E-state index contributed by atoms with van der Waals surface area (Å²) in [7, 11) is 3.45. The summed E-state index contributed by atoms with van der Waals surface area (Å²) in [5.41, 5.74) is 1.99. The van der Waals surface area contributed by atoms with E-state index >= 15 is 0 Å². The lowest BCUT2D eigenvalue weighted by atomic mass is 10.0. The number of rotatable bonds is 5. The third kappa shape index (κ3) is 3.13. The number of aldehydes is 1. The van der Waals surface area contributed by atoms with Crippen molar-refractivity contribution >= 4 is 12.4 Å². The first-order chi connectivity index (χ1) is 7.31. The minimum atomic E-state index is 0.403. The molecule has 0 heterocycles. The lowest BCUT2D eigenvalue weighted by molar-refractivity contribution is -0.107. The van der Waals surface area contributed by atoms with Gasteiger partial charge in [0.25, 0.3) is 0 Å². The molecule has 0 aliphatic heterocycles. The van der Waals surface area contributed by atoms with Crippen LogP contribution in [-0.4, -0.2) is 20.4 Å². The highest BCUT2D eigenvalue weighted by Gasteiger charge is 2.01. The quantitative estimate of drug-likeness (QED) is 0.742. The molecular formula is C12H15NO2. The first kappa shape index (κ1) is 11.3. The molecular weight excluding hydrogens is 190 g/mol. The van der Waals surface area contributed by atoms with Crippen LogP contribution in [0.3, 0.4) is 0 Å². The Morgan fingerprint density at radius 2 is 2.27 bits per heavy atom. The van der Waals surface area contributed by atoms with Gasteiger partial charge in [-0.05, 0) is 35.5 Å². The minimum absolute atomic E-state index is 0.403. The molecule has 3 nitrogen and oxygen atoms in total. The van der Waals surface area contributed by atoms with E-state index in [9.17, 15) is 4.79 Å². The summed E-state index contributed by atoms with van der Waals surface area (Å²) in [6, 6.07) is 5.69. The number of carbonyl (C=O) groups excluding carboxylic acids is 1. The van der Waals surface area contributed by atoms with Crippen LogP contribution >= 0.6 is 0 Å². The molecule has 0 radical (unpaired) electrons. The first-order valence-electron chi connectivity index (χ1n) is 4.76. The average molecular weight is 205 g/mol. The predicted octanol–water partition coefficient (Wildman–Crippen LogP) is 1.63. The summed E-state index contributed by atoms with van der Waals surface area (Å²) in [5, 5.41) is 2.91. The van der Waals surface area contributed by atoms with Gasteiger partial charge >= 0.3 is 0 Å². The minimum Gasteiger partial charge on any atom is -0.497 e. The zero-order chi connectivity index (χ0) is 11.1. The topological polar surface area (TPSA) is 38.3 Å².